The third-order valence-electron chi connectivity index (χ3n) is 5.27. The highest BCUT2D eigenvalue weighted by Gasteiger charge is 2.39. The molecule has 0 spiro atoms. The summed E-state index contributed by atoms with van der Waals surface area (Å²) in [5, 5.41) is 3.35. The lowest BCUT2D eigenvalue weighted by Gasteiger charge is -2.44. The van der Waals surface area contributed by atoms with Crippen LogP contribution in [0.1, 0.15) is 52.9 Å². The van der Waals surface area contributed by atoms with Crippen LogP contribution in [0.4, 0.5) is 0 Å². The number of hydrogen-bond acceptors (Lipinski definition) is 3. The fourth-order valence-electron chi connectivity index (χ4n) is 3.71. The van der Waals surface area contributed by atoms with Gasteiger partial charge in [0.25, 0.3) is 0 Å². The molecular weight excluding hydrogens is 250 g/mol. The standard InChI is InChI=1S/C17H33NO2/c1-16(2,3)15-5-8-17(9-6-15,13-18-4)20-12-14-7-10-19-11-14/h14-15,18H,5-13H2,1-4H3. The van der Waals surface area contributed by atoms with Crippen molar-refractivity contribution in [1.82, 2.24) is 5.32 Å². The van der Waals surface area contributed by atoms with E-state index >= 15 is 0 Å². The molecule has 3 nitrogen and oxygen atoms in total. The smallest absolute Gasteiger partial charge is 0.0806 e. The molecule has 2 rings (SSSR count). The first-order valence-corrected chi connectivity index (χ1v) is 8.31. The average molecular weight is 283 g/mol. The lowest BCUT2D eigenvalue weighted by molar-refractivity contribution is -0.0950. The molecule has 1 saturated heterocycles. The maximum absolute atomic E-state index is 6.41. The molecule has 1 aliphatic heterocycles. The molecule has 1 aliphatic carbocycles. The van der Waals surface area contributed by atoms with E-state index in [9.17, 15) is 0 Å². The second-order valence-electron chi connectivity index (χ2n) is 7.89. The summed E-state index contributed by atoms with van der Waals surface area (Å²) in [4.78, 5) is 0. The normalized spacial score (nSPS) is 35.4. The Morgan fingerprint density at radius 2 is 1.90 bits per heavy atom. The summed E-state index contributed by atoms with van der Waals surface area (Å²) in [5.74, 6) is 1.45. The van der Waals surface area contributed by atoms with Crippen LogP contribution in [0.5, 0.6) is 0 Å². The van der Waals surface area contributed by atoms with Crippen LogP contribution >= 0.6 is 0 Å². The third kappa shape index (κ3) is 4.19. The van der Waals surface area contributed by atoms with E-state index in [0.29, 0.717) is 11.3 Å². The van der Waals surface area contributed by atoms with Gasteiger partial charge >= 0.3 is 0 Å². The maximum Gasteiger partial charge on any atom is 0.0806 e. The number of hydrogen-bond donors (Lipinski definition) is 1. The SMILES string of the molecule is CNCC1(OCC2CCOC2)CCC(C(C)(C)C)CC1. The molecule has 2 aliphatic rings. The van der Waals surface area contributed by atoms with E-state index < -0.39 is 0 Å². The van der Waals surface area contributed by atoms with Crippen molar-refractivity contribution in [3.8, 4) is 0 Å². The number of nitrogens with one attached hydrogen (secondary N) is 1. The Morgan fingerprint density at radius 3 is 2.40 bits per heavy atom. The molecule has 0 amide bonds. The fourth-order valence-corrected chi connectivity index (χ4v) is 3.71. The van der Waals surface area contributed by atoms with Gasteiger partial charge in [-0.15, -0.1) is 0 Å². The van der Waals surface area contributed by atoms with Gasteiger partial charge in [-0.25, -0.2) is 0 Å². The Kier molecular flexibility index (Phi) is 5.49. The quantitative estimate of drug-likeness (QED) is 0.840. The lowest BCUT2D eigenvalue weighted by Crippen LogP contribution is -2.47. The molecule has 0 aromatic carbocycles. The minimum absolute atomic E-state index is 0.0685. The largest absolute Gasteiger partial charge is 0.381 e. The zero-order chi connectivity index (χ0) is 14.6. The van der Waals surface area contributed by atoms with E-state index in [1.807, 2.05) is 7.05 Å². The zero-order valence-corrected chi connectivity index (χ0v) is 13.8. The molecule has 1 N–H and O–H groups in total. The highest BCUT2D eigenvalue weighted by Crippen LogP contribution is 2.42. The molecule has 2 fully saturated rings. The second-order valence-corrected chi connectivity index (χ2v) is 7.89. The van der Waals surface area contributed by atoms with Crippen LogP contribution in [0.2, 0.25) is 0 Å². The monoisotopic (exact) mass is 283 g/mol. The number of likely N-dealkylation sites (N-methyl/N-ethyl adjacent to an activating group) is 1. The molecular formula is C17H33NO2. The molecule has 1 saturated carbocycles. The van der Waals surface area contributed by atoms with Crippen molar-refractivity contribution in [3.63, 3.8) is 0 Å². The summed E-state index contributed by atoms with van der Waals surface area (Å²) < 4.78 is 11.9. The van der Waals surface area contributed by atoms with Crippen molar-refractivity contribution in [3.05, 3.63) is 0 Å². The first-order chi connectivity index (χ1) is 9.45. The molecule has 0 bridgehead atoms. The summed E-state index contributed by atoms with van der Waals surface area (Å²) in [7, 11) is 2.04. The van der Waals surface area contributed by atoms with Gasteiger partial charge in [-0.2, -0.15) is 0 Å². The van der Waals surface area contributed by atoms with Crippen molar-refractivity contribution in [2.24, 2.45) is 17.3 Å². The first kappa shape index (κ1) is 16.3. The van der Waals surface area contributed by atoms with Gasteiger partial charge in [0.2, 0.25) is 0 Å². The Hall–Kier alpha value is -0.120. The van der Waals surface area contributed by atoms with Crippen molar-refractivity contribution in [1.29, 1.82) is 0 Å². The van der Waals surface area contributed by atoms with Crippen LogP contribution in [0.3, 0.4) is 0 Å². The van der Waals surface area contributed by atoms with E-state index in [2.05, 4.69) is 26.1 Å². The summed E-state index contributed by atoms with van der Waals surface area (Å²) in [6.45, 7) is 10.8. The second kappa shape index (κ2) is 6.76. The maximum atomic E-state index is 6.41. The van der Waals surface area contributed by atoms with E-state index in [-0.39, 0.29) is 5.60 Å². The average Bonchev–Trinajstić information content (AvgIpc) is 2.89. The Labute approximate surface area is 124 Å². The van der Waals surface area contributed by atoms with Crippen LogP contribution < -0.4 is 5.32 Å². The van der Waals surface area contributed by atoms with E-state index in [0.717, 1.165) is 32.3 Å². The van der Waals surface area contributed by atoms with Gasteiger partial charge < -0.3 is 14.8 Å². The summed E-state index contributed by atoms with van der Waals surface area (Å²) in [6, 6.07) is 0. The summed E-state index contributed by atoms with van der Waals surface area (Å²) in [6.07, 6.45) is 6.16. The lowest BCUT2D eigenvalue weighted by atomic mass is 9.68. The Bertz CT molecular complexity index is 284. The minimum atomic E-state index is 0.0685. The van der Waals surface area contributed by atoms with Crippen molar-refractivity contribution in [2.45, 2.75) is 58.5 Å². The highest BCUT2D eigenvalue weighted by atomic mass is 16.5. The molecule has 3 heteroatoms. The van der Waals surface area contributed by atoms with Crippen LogP contribution in [0.25, 0.3) is 0 Å². The van der Waals surface area contributed by atoms with Gasteiger partial charge in [-0.1, -0.05) is 20.8 Å². The zero-order valence-electron chi connectivity index (χ0n) is 13.8. The Balaban J connectivity index is 1.87. The van der Waals surface area contributed by atoms with E-state index in [4.69, 9.17) is 9.47 Å². The van der Waals surface area contributed by atoms with Crippen LogP contribution in [-0.4, -0.2) is 39.0 Å². The molecule has 0 aromatic rings. The van der Waals surface area contributed by atoms with Crippen molar-refractivity contribution in [2.75, 3.05) is 33.4 Å². The minimum Gasteiger partial charge on any atom is -0.381 e. The first-order valence-electron chi connectivity index (χ1n) is 8.31. The number of ether oxygens (including phenoxy) is 2. The van der Waals surface area contributed by atoms with Crippen LogP contribution in [-0.2, 0) is 9.47 Å². The van der Waals surface area contributed by atoms with Gasteiger partial charge in [-0.3, -0.25) is 0 Å². The van der Waals surface area contributed by atoms with Gasteiger partial charge in [0.1, 0.15) is 0 Å². The summed E-state index contributed by atoms with van der Waals surface area (Å²) in [5.41, 5.74) is 0.504. The molecule has 0 aromatic heterocycles. The Morgan fingerprint density at radius 1 is 1.20 bits per heavy atom. The van der Waals surface area contributed by atoms with Gasteiger partial charge in [0.15, 0.2) is 0 Å². The highest BCUT2D eigenvalue weighted by molar-refractivity contribution is 4.92. The topological polar surface area (TPSA) is 30.5 Å². The van der Waals surface area contributed by atoms with Gasteiger partial charge in [0.05, 0.1) is 18.8 Å². The van der Waals surface area contributed by atoms with Gasteiger partial charge in [0, 0.05) is 19.1 Å². The van der Waals surface area contributed by atoms with Crippen LogP contribution in [0, 0.1) is 17.3 Å². The summed E-state index contributed by atoms with van der Waals surface area (Å²) >= 11 is 0. The predicted molar refractivity (Wildman–Crippen MR) is 82.9 cm³/mol. The molecule has 1 atom stereocenters. The third-order valence-corrected chi connectivity index (χ3v) is 5.27. The van der Waals surface area contributed by atoms with Crippen molar-refractivity contribution >= 4 is 0 Å². The van der Waals surface area contributed by atoms with E-state index in [1.54, 1.807) is 0 Å². The fraction of sp³-hybridized carbons (Fsp3) is 1.00. The van der Waals surface area contributed by atoms with Crippen LogP contribution in [0.15, 0.2) is 0 Å². The molecule has 1 heterocycles. The predicted octanol–water partition coefficient (Wildman–Crippen LogP) is 3.23. The van der Waals surface area contributed by atoms with Gasteiger partial charge in [-0.05, 0) is 50.5 Å². The molecule has 20 heavy (non-hydrogen) atoms. The molecule has 118 valence electrons. The van der Waals surface area contributed by atoms with E-state index in [1.165, 1.54) is 32.1 Å². The molecule has 1 unspecified atom stereocenters. The number of rotatable bonds is 5. The van der Waals surface area contributed by atoms with Crippen molar-refractivity contribution < 1.29 is 9.47 Å². The molecule has 0 radical (unpaired) electrons.